The first-order valence-electron chi connectivity index (χ1n) is 14.2. The van der Waals surface area contributed by atoms with E-state index >= 15 is 0 Å². The third-order valence-electron chi connectivity index (χ3n) is 8.18. The Morgan fingerprint density at radius 2 is 1.62 bits per heavy atom. The molecule has 3 atom stereocenters. The van der Waals surface area contributed by atoms with Gasteiger partial charge in [-0.05, 0) is 6.92 Å². The van der Waals surface area contributed by atoms with Crippen molar-refractivity contribution in [2.75, 3.05) is 0 Å². The number of carbonyl (C=O) groups excluding carboxylic acids is 1. The second kappa shape index (κ2) is 15.0. The predicted molar refractivity (Wildman–Crippen MR) is 154 cm³/mol. The minimum absolute atomic E-state index is 0.266. The molecule has 0 spiro atoms. The molecule has 0 aromatic heterocycles. The Hall–Kier alpha value is -1.80. The van der Waals surface area contributed by atoms with Crippen molar-refractivity contribution >= 4 is 11.5 Å². The zero-order valence-electron chi connectivity index (χ0n) is 23.6. The number of Topliss-reactive ketones (excluding diaryl/α,β-unsaturated/α-hetero) is 1. The van der Waals surface area contributed by atoms with Gasteiger partial charge in [-0.1, -0.05) is 0 Å². The van der Waals surface area contributed by atoms with Gasteiger partial charge in [0, 0.05) is 0 Å². The molecule has 1 fully saturated rings. The zero-order valence-corrected chi connectivity index (χ0v) is 29.1. The van der Waals surface area contributed by atoms with E-state index < -0.39 is 0 Å². The van der Waals surface area contributed by atoms with E-state index in [0.717, 1.165) is 42.4 Å². The van der Waals surface area contributed by atoms with Gasteiger partial charge in [0.05, 0.1) is 0 Å². The van der Waals surface area contributed by atoms with Crippen LogP contribution in [0.3, 0.4) is 0 Å². The average molecular weight is 683 g/mol. The van der Waals surface area contributed by atoms with Gasteiger partial charge in [0.15, 0.2) is 0 Å². The molecule has 3 rings (SSSR count). The van der Waals surface area contributed by atoms with Gasteiger partial charge < -0.3 is 0 Å². The van der Waals surface area contributed by atoms with E-state index in [0.29, 0.717) is 31.9 Å². The summed E-state index contributed by atoms with van der Waals surface area (Å²) in [5, 5.41) is 0. The monoisotopic (exact) mass is 684 g/mol. The number of aliphatic imine (C=N–C) groups is 1. The summed E-state index contributed by atoms with van der Waals surface area (Å²) in [6.07, 6.45) is 12.8. The molecule has 2 aromatic rings. The number of benzene rings is 2. The Morgan fingerprint density at radius 3 is 2.16 bits per heavy atom. The minimum atomic E-state index is 0.266. The summed E-state index contributed by atoms with van der Waals surface area (Å²) in [6, 6.07) is 17.4. The molecule has 1 aliphatic rings. The molecule has 3 unspecified atom stereocenters. The number of carbonyl (C=O) groups is 1. The van der Waals surface area contributed by atoms with E-state index in [1.54, 1.807) is 6.92 Å². The van der Waals surface area contributed by atoms with Gasteiger partial charge >= 0.3 is 236 Å². The van der Waals surface area contributed by atoms with Crippen LogP contribution in [0.15, 0.2) is 75.0 Å². The summed E-state index contributed by atoms with van der Waals surface area (Å²) >= 11 is 0.572. The van der Waals surface area contributed by atoms with E-state index in [9.17, 15) is 4.79 Å². The predicted octanol–water partition coefficient (Wildman–Crippen LogP) is 9.40. The third kappa shape index (κ3) is 9.16. The molecule has 193 valence electrons. The molecule has 0 radical (unpaired) electrons. The molecular formula is C34H44HgNO. The van der Waals surface area contributed by atoms with Crippen LogP contribution in [-0.4, -0.2) is 11.5 Å². The summed E-state index contributed by atoms with van der Waals surface area (Å²) in [5.41, 5.74) is 7.14. The first kappa shape index (κ1) is 29.7. The summed E-state index contributed by atoms with van der Waals surface area (Å²) in [5.74, 6) is 2.21. The molecule has 0 amide bonds. The topological polar surface area (TPSA) is 29.4 Å². The normalized spacial score (nSPS) is 19.8. The standard InChI is InChI=1S/C34H44NO.Hg/c1-6-29(26(5)36)18-14-27-10-9-11-28(24-27)15-23-33(7-2)35-34(8-3)32-21-19-31(20-22-32)30-16-12-25(4)13-17-30;/h8,12-13,16-17,19-22,27-29H,3,6,9-11,14-15,18,23-24H2,1-2,4-5H3;. The molecular weight excluding hydrogens is 639 g/mol. The number of allylic oxidation sites excluding steroid dienone is 3. The molecule has 0 saturated heterocycles. The number of hydrogen-bond donors (Lipinski definition) is 0. The van der Waals surface area contributed by atoms with Gasteiger partial charge in [0.25, 0.3) is 0 Å². The molecule has 1 aliphatic carbocycles. The van der Waals surface area contributed by atoms with Crippen molar-refractivity contribution in [3.63, 3.8) is 0 Å². The van der Waals surface area contributed by atoms with E-state index in [4.69, 9.17) is 4.99 Å². The van der Waals surface area contributed by atoms with Crippen molar-refractivity contribution in [1.82, 2.24) is 0 Å². The van der Waals surface area contributed by atoms with Crippen LogP contribution in [0, 0.1) is 24.7 Å². The van der Waals surface area contributed by atoms with Crippen LogP contribution in [0.2, 0.25) is 0 Å². The van der Waals surface area contributed by atoms with Crippen molar-refractivity contribution in [3.05, 3.63) is 81.1 Å². The molecule has 37 heavy (non-hydrogen) atoms. The van der Waals surface area contributed by atoms with Crippen LogP contribution >= 0.6 is 0 Å². The second-order valence-electron chi connectivity index (χ2n) is 11.1. The molecule has 0 heterocycles. The van der Waals surface area contributed by atoms with E-state index in [2.05, 4.69) is 75.9 Å². The average Bonchev–Trinajstić information content (AvgIpc) is 2.90. The number of ketones is 1. The van der Waals surface area contributed by atoms with E-state index in [1.165, 1.54) is 64.0 Å². The van der Waals surface area contributed by atoms with Crippen LogP contribution in [0.25, 0.3) is 11.1 Å². The molecule has 2 aromatic carbocycles. The maximum absolute atomic E-state index is 11.8. The quantitative estimate of drug-likeness (QED) is 0.162. The molecule has 0 N–H and O–H groups in total. The SMILES string of the molecule is C=CC(=N/C(CCC1CCCC(CCC(CC)C(C)=O)C1)=[C](\C)[Hg])c1ccc(-c2ccc(C)cc2)cc1. The van der Waals surface area contributed by atoms with Crippen LogP contribution in [0.1, 0.15) is 89.7 Å². The fraction of sp³-hybridized carbons (Fsp3) is 0.471. The molecule has 0 bridgehead atoms. The number of hydrogen-bond acceptors (Lipinski definition) is 2. The van der Waals surface area contributed by atoms with E-state index in [-0.39, 0.29) is 5.92 Å². The summed E-state index contributed by atoms with van der Waals surface area (Å²) in [4.78, 5) is 17.0. The van der Waals surface area contributed by atoms with Crippen molar-refractivity contribution < 1.29 is 30.9 Å². The second-order valence-corrected chi connectivity index (χ2v) is 15.2. The zero-order chi connectivity index (χ0) is 26.8. The van der Waals surface area contributed by atoms with Crippen LogP contribution in [0.4, 0.5) is 0 Å². The number of aryl methyl sites for hydroxylation is 1. The Bertz CT molecular complexity index is 1090. The van der Waals surface area contributed by atoms with Crippen molar-refractivity contribution in [2.45, 2.75) is 85.5 Å². The van der Waals surface area contributed by atoms with Gasteiger partial charge in [0.1, 0.15) is 0 Å². The Labute approximate surface area is 241 Å². The van der Waals surface area contributed by atoms with Crippen molar-refractivity contribution in [1.29, 1.82) is 0 Å². The van der Waals surface area contributed by atoms with Crippen molar-refractivity contribution in [3.8, 4) is 11.1 Å². The van der Waals surface area contributed by atoms with Gasteiger partial charge in [-0.2, -0.15) is 0 Å². The summed E-state index contributed by atoms with van der Waals surface area (Å²) < 4.78 is 1.48. The number of rotatable bonds is 12. The van der Waals surface area contributed by atoms with E-state index in [1.807, 2.05) is 6.08 Å². The Balaban J connectivity index is 1.62. The molecule has 2 nitrogen and oxygen atoms in total. The van der Waals surface area contributed by atoms with Gasteiger partial charge in [-0.15, -0.1) is 0 Å². The Kier molecular flexibility index (Phi) is 12.0. The number of nitrogens with zero attached hydrogens (tertiary/aromatic N) is 1. The summed E-state index contributed by atoms with van der Waals surface area (Å²) in [7, 11) is 0. The first-order valence-corrected chi connectivity index (χ1v) is 17.0. The third-order valence-corrected chi connectivity index (χ3v) is 9.77. The first-order chi connectivity index (χ1) is 17.8. The maximum atomic E-state index is 11.8. The fourth-order valence-electron chi connectivity index (χ4n) is 5.72. The molecule has 3 heteroatoms. The van der Waals surface area contributed by atoms with Gasteiger partial charge in [-0.25, -0.2) is 0 Å². The Morgan fingerprint density at radius 1 is 1.03 bits per heavy atom. The summed E-state index contributed by atoms with van der Waals surface area (Å²) in [6.45, 7) is 12.4. The molecule has 0 aliphatic heterocycles. The van der Waals surface area contributed by atoms with Crippen LogP contribution in [-0.2, 0) is 30.9 Å². The van der Waals surface area contributed by atoms with Gasteiger partial charge in [-0.3, -0.25) is 0 Å². The molecule has 1 saturated carbocycles. The van der Waals surface area contributed by atoms with Crippen molar-refractivity contribution in [2.24, 2.45) is 22.7 Å². The van der Waals surface area contributed by atoms with Crippen LogP contribution in [0.5, 0.6) is 0 Å². The van der Waals surface area contributed by atoms with Gasteiger partial charge in [0.2, 0.25) is 0 Å². The van der Waals surface area contributed by atoms with Crippen LogP contribution < -0.4 is 0 Å². The fourth-order valence-corrected chi connectivity index (χ4v) is 6.71.